The minimum Gasteiger partial charge on any atom is -0.433 e. The number of benzene rings is 2. The monoisotopic (exact) mass is 410 g/mol. The van der Waals surface area contributed by atoms with Gasteiger partial charge < -0.3 is 15.0 Å². The molecule has 0 radical (unpaired) electrons. The zero-order valence-corrected chi connectivity index (χ0v) is 15.8. The first kappa shape index (κ1) is 19.3. The number of pyridine rings is 1. The summed E-state index contributed by atoms with van der Waals surface area (Å²) in [5.41, 5.74) is 2.07. The maximum atomic E-state index is 13.6. The maximum Gasteiger partial charge on any atom is 0.326 e. The quantitative estimate of drug-likeness (QED) is 0.529. The van der Waals surface area contributed by atoms with Gasteiger partial charge in [0, 0.05) is 31.4 Å². The molecular formula is C21H16F2N4O3. The summed E-state index contributed by atoms with van der Waals surface area (Å²) >= 11 is 0. The Bertz CT molecular complexity index is 1280. The number of aromatic amines is 1. The van der Waals surface area contributed by atoms with Crippen molar-refractivity contribution in [3.8, 4) is 11.6 Å². The summed E-state index contributed by atoms with van der Waals surface area (Å²) in [7, 11) is 1.64. The molecule has 7 nitrogen and oxygen atoms in total. The van der Waals surface area contributed by atoms with Crippen molar-refractivity contribution in [3.05, 3.63) is 88.0 Å². The second kappa shape index (κ2) is 7.78. The summed E-state index contributed by atoms with van der Waals surface area (Å²) < 4.78 is 33.9. The van der Waals surface area contributed by atoms with E-state index >= 15 is 0 Å². The lowest BCUT2D eigenvalue weighted by atomic mass is 10.2. The average Bonchev–Trinajstić information content (AvgIpc) is 3.03. The molecule has 0 bridgehead atoms. The topological polar surface area (TPSA) is 89.0 Å². The Morgan fingerprint density at radius 3 is 2.63 bits per heavy atom. The van der Waals surface area contributed by atoms with Crippen molar-refractivity contribution < 1.29 is 18.3 Å². The van der Waals surface area contributed by atoms with Crippen molar-refractivity contribution in [2.75, 3.05) is 0 Å². The van der Waals surface area contributed by atoms with Gasteiger partial charge in [0.05, 0.1) is 11.0 Å². The number of H-pyrrole nitrogens is 1. The minimum absolute atomic E-state index is 0.0209. The summed E-state index contributed by atoms with van der Waals surface area (Å²) in [6.07, 6.45) is 1.44. The Morgan fingerprint density at radius 2 is 1.93 bits per heavy atom. The van der Waals surface area contributed by atoms with E-state index in [1.165, 1.54) is 22.9 Å². The number of carbonyl (C=O) groups is 1. The van der Waals surface area contributed by atoms with E-state index in [0.29, 0.717) is 22.2 Å². The molecule has 152 valence electrons. The summed E-state index contributed by atoms with van der Waals surface area (Å²) in [6, 6.07) is 11.4. The van der Waals surface area contributed by atoms with Crippen LogP contribution in [0.25, 0.3) is 11.0 Å². The van der Waals surface area contributed by atoms with Crippen LogP contribution in [-0.2, 0) is 13.6 Å². The van der Waals surface area contributed by atoms with Crippen molar-refractivity contribution in [3.63, 3.8) is 0 Å². The van der Waals surface area contributed by atoms with Gasteiger partial charge in [-0.15, -0.1) is 0 Å². The molecule has 0 aliphatic rings. The Morgan fingerprint density at radius 1 is 1.17 bits per heavy atom. The van der Waals surface area contributed by atoms with E-state index in [1.54, 1.807) is 31.3 Å². The average molecular weight is 410 g/mol. The van der Waals surface area contributed by atoms with E-state index in [4.69, 9.17) is 4.74 Å². The van der Waals surface area contributed by atoms with Gasteiger partial charge in [-0.25, -0.2) is 18.6 Å². The van der Waals surface area contributed by atoms with E-state index in [1.807, 2.05) is 0 Å². The van der Waals surface area contributed by atoms with Gasteiger partial charge in [0.2, 0.25) is 11.6 Å². The third-order valence-electron chi connectivity index (χ3n) is 4.54. The highest BCUT2D eigenvalue weighted by Gasteiger charge is 2.12. The second-order valence-electron chi connectivity index (χ2n) is 6.56. The van der Waals surface area contributed by atoms with Crippen LogP contribution in [0, 0.1) is 11.6 Å². The number of carbonyl (C=O) groups excluding carboxylic acids is 1. The molecule has 0 saturated carbocycles. The molecule has 1 amide bonds. The van der Waals surface area contributed by atoms with Crippen LogP contribution in [0.4, 0.5) is 8.78 Å². The second-order valence-corrected chi connectivity index (χ2v) is 6.56. The number of halogens is 2. The maximum absolute atomic E-state index is 13.6. The molecule has 0 fully saturated rings. The van der Waals surface area contributed by atoms with Gasteiger partial charge in [-0.2, -0.15) is 0 Å². The van der Waals surface area contributed by atoms with Crippen LogP contribution in [0.2, 0.25) is 0 Å². The molecule has 9 heteroatoms. The summed E-state index contributed by atoms with van der Waals surface area (Å²) in [5, 5.41) is 2.75. The van der Waals surface area contributed by atoms with Crippen LogP contribution in [0.5, 0.6) is 11.6 Å². The van der Waals surface area contributed by atoms with Crippen molar-refractivity contribution in [2.45, 2.75) is 6.54 Å². The number of aryl methyl sites for hydroxylation is 1. The standard InChI is InChI=1S/C21H16F2N4O3/c1-27-17-7-6-13(9-16(17)26-21(27)29)20(28)25-11-12-5-8-18(24-10-12)30-19-14(22)3-2-4-15(19)23/h2-10H,11H2,1H3,(H,25,28)(H,26,29). The summed E-state index contributed by atoms with van der Waals surface area (Å²) in [6.45, 7) is 0.184. The van der Waals surface area contributed by atoms with Crippen LogP contribution in [0.15, 0.2) is 59.5 Å². The number of amides is 1. The molecule has 2 heterocycles. The van der Waals surface area contributed by atoms with Gasteiger partial charge in [-0.1, -0.05) is 12.1 Å². The summed E-state index contributed by atoms with van der Waals surface area (Å²) in [4.78, 5) is 30.7. The molecule has 2 aromatic carbocycles. The van der Waals surface area contributed by atoms with Crippen LogP contribution in [-0.4, -0.2) is 20.4 Å². The lowest BCUT2D eigenvalue weighted by Gasteiger charge is -2.08. The van der Waals surface area contributed by atoms with Gasteiger partial charge in [-0.05, 0) is 35.9 Å². The van der Waals surface area contributed by atoms with Crippen molar-refractivity contribution in [1.82, 2.24) is 19.9 Å². The largest absolute Gasteiger partial charge is 0.433 e. The number of fused-ring (bicyclic) bond motifs is 1. The van der Waals surface area contributed by atoms with E-state index in [2.05, 4.69) is 15.3 Å². The molecule has 0 unspecified atom stereocenters. The van der Waals surface area contributed by atoms with Crippen molar-refractivity contribution >= 4 is 16.9 Å². The molecule has 0 saturated heterocycles. The van der Waals surface area contributed by atoms with Gasteiger partial charge in [0.15, 0.2) is 11.6 Å². The fourth-order valence-corrected chi connectivity index (χ4v) is 2.92. The lowest BCUT2D eigenvalue weighted by molar-refractivity contribution is 0.0951. The van der Waals surface area contributed by atoms with E-state index in [0.717, 1.165) is 12.1 Å². The number of rotatable bonds is 5. The normalized spacial score (nSPS) is 10.9. The van der Waals surface area contributed by atoms with Gasteiger partial charge in [0.1, 0.15) is 0 Å². The number of nitrogens with zero attached hydrogens (tertiary/aromatic N) is 2. The first-order valence-electron chi connectivity index (χ1n) is 8.96. The zero-order chi connectivity index (χ0) is 21.3. The van der Waals surface area contributed by atoms with Crippen LogP contribution in [0.1, 0.15) is 15.9 Å². The Hall–Kier alpha value is -4.01. The zero-order valence-electron chi connectivity index (χ0n) is 15.8. The van der Waals surface area contributed by atoms with Gasteiger partial charge in [-0.3, -0.25) is 9.36 Å². The van der Waals surface area contributed by atoms with Crippen LogP contribution >= 0.6 is 0 Å². The molecule has 0 spiro atoms. The Labute approximate surface area is 168 Å². The highest BCUT2D eigenvalue weighted by Crippen LogP contribution is 2.26. The molecular weight excluding hydrogens is 394 g/mol. The van der Waals surface area contributed by atoms with Gasteiger partial charge in [0.25, 0.3) is 5.91 Å². The third kappa shape index (κ3) is 3.77. The third-order valence-corrected chi connectivity index (χ3v) is 4.54. The van der Waals surface area contributed by atoms with E-state index < -0.39 is 17.4 Å². The SMILES string of the molecule is Cn1c(=O)[nH]c2cc(C(=O)NCc3ccc(Oc4c(F)cccc4F)nc3)ccc21. The predicted molar refractivity (Wildman–Crippen MR) is 105 cm³/mol. The van der Waals surface area contributed by atoms with Crippen molar-refractivity contribution in [1.29, 1.82) is 0 Å². The minimum atomic E-state index is -0.829. The fraction of sp³-hybridized carbons (Fsp3) is 0.0952. The molecule has 30 heavy (non-hydrogen) atoms. The molecule has 2 N–H and O–H groups in total. The summed E-state index contributed by atoms with van der Waals surface area (Å²) in [5.74, 6) is -2.49. The first-order valence-corrected chi connectivity index (χ1v) is 8.96. The number of ether oxygens (including phenoxy) is 1. The lowest BCUT2D eigenvalue weighted by Crippen LogP contribution is -2.22. The number of aromatic nitrogens is 3. The number of nitrogens with one attached hydrogen (secondary N) is 2. The van der Waals surface area contributed by atoms with Gasteiger partial charge >= 0.3 is 5.69 Å². The van der Waals surface area contributed by atoms with E-state index in [-0.39, 0.29) is 24.0 Å². The smallest absolute Gasteiger partial charge is 0.326 e. The molecule has 2 aromatic heterocycles. The van der Waals surface area contributed by atoms with E-state index in [9.17, 15) is 18.4 Å². The Balaban J connectivity index is 1.41. The molecule has 0 atom stereocenters. The predicted octanol–water partition coefficient (Wildman–Crippen LogP) is 3.26. The highest BCUT2D eigenvalue weighted by molar-refractivity contribution is 5.97. The first-order chi connectivity index (χ1) is 14.4. The Kier molecular flexibility index (Phi) is 5.01. The number of imidazole rings is 1. The molecule has 0 aliphatic carbocycles. The number of hydrogen-bond donors (Lipinski definition) is 2. The number of para-hydroxylation sites is 1. The van der Waals surface area contributed by atoms with Crippen LogP contribution < -0.4 is 15.7 Å². The highest BCUT2D eigenvalue weighted by atomic mass is 19.1. The number of hydrogen-bond acceptors (Lipinski definition) is 4. The fourth-order valence-electron chi connectivity index (χ4n) is 2.92. The molecule has 4 aromatic rings. The molecule has 4 rings (SSSR count). The van der Waals surface area contributed by atoms with Crippen molar-refractivity contribution in [2.24, 2.45) is 7.05 Å². The van der Waals surface area contributed by atoms with Crippen LogP contribution in [0.3, 0.4) is 0 Å². The molecule has 0 aliphatic heterocycles.